The van der Waals surface area contributed by atoms with E-state index >= 15 is 0 Å². The number of aromatic nitrogens is 3. The molecule has 6 nitrogen and oxygen atoms in total. The fraction of sp³-hybridized carbons (Fsp3) is 0.833. The van der Waals surface area contributed by atoms with Crippen LogP contribution in [0.3, 0.4) is 0 Å². The van der Waals surface area contributed by atoms with Crippen molar-refractivity contribution in [3.05, 3.63) is 6.20 Å². The molecule has 0 saturated carbocycles. The summed E-state index contributed by atoms with van der Waals surface area (Å²) < 4.78 is 12.2. The highest BCUT2D eigenvalue weighted by atomic mass is 16.5. The van der Waals surface area contributed by atoms with Gasteiger partial charge in [-0.3, -0.25) is 0 Å². The summed E-state index contributed by atoms with van der Waals surface area (Å²) in [5.74, 6) is 0.997. The third-order valence-electron chi connectivity index (χ3n) is 2.51. The van der Waals surface area contributed by atoms with E-state index in [1.165, 1.54) is 0 Å². The molecule has 1 N–H and O–H groups in total. The van der Waals surface area contributed by atoms with E-state index in [0.29, 0.717) is 13.2 Å². The summed E-state index contributed by atoms with van der Waals surface area (Å²) >= 11 is 0. The molecule has 0 aliphatic carbocycles. The Hall–Kier alpha value is -1.14. The van der Waals surface area contributed by atoms with Crippen LogP contribution < -0.4 is 5.32 Å². The lowest BCUT2D eigenvalue weighted by Gasteiger charge is -2.07. The van der Waals surface area contributed by atoms with Gasteiger partial charge in [0.05, 0.1) is 19.4 Å². The second-order valence-electron chi connectivity index (χ2n) is 4.08. The Morgan fingerprint density at radius 1 is 1.28 bits per heavy atom. The molecule has 1 heterocycles. The SMILES string of the molecule is CCCn1nncc1NCCCCOCCOC. The van der Waals surface area contributed by atoms with Crippen molar-refractivity contribution in [2.45, 2.75) is 32.7 Å². The van der Waals surface area contributed by atoms with Crippen molar-refractivity contribution >= 4 is 5.82 Å². The number of rotatable bonds is 11. The maximum atomic E-state index is 5.39. The van der Waals surface area contributed by atoms with Crippen molar-refractivity contribution in [3.63, 3.8) is 0 Å². The number of nitrogens with zero attached hydrogens (tertiary/aromatic N) is 3. The molecule has 0 spiro atoms. The minimum Gasteiger partial charge on any atom is -0.382 e. The molecule has 104 valence electrons. The molecule has 0 amide bonds. The normalized spacial score (nSPS) is 10.8. The number of hydrogen-bond donors (Lipinski definition) is 1. The smallest absolute Gasteiger partial charge is 0.144 e. The van der Waals surface area contributed by atoms with E-state index in [-0.39, 0.29) is 0 Å². The lowest BCUT2D eigenvalue weighted by Crippen LogP contribution is -2.10. The third kappa shape index (κ3) is 5.97. The third-order valence-corrected chi connectivity index (χ3v) is 2.51. The first kappa shape index (κ1) is 14.9. The summed E-state index contributed by atoms with van der Waals surface area (Å²) in [6, 6.07) is 0. The predicted octanol–water partition coefficient (Wildman–Crippen LogP) is 1.54. The minimum atomic E-state index is 0.667. The van der Waals surface area contributed by atoms with Gasteiger partial charge < -0.3 is 14.8 Å². The molecule has 18 heavy (non-hydrogen) atoms. The van der Waals surface area contributed by atoms with Crippen molar-refractivity contribution in [1.82, 2.24) is 15.0 Å². The van der Waals surface area contributed by atoms with Gasteiger partial charge in [-0.1, -0.05) is 12.1 Å². The summed E-state index contributed by atoms with van der Waals surface area (Å²) in [5.41, 5.74) is 0. The van der Waals surface area contributed by atoms with Gasteiger partial charge in [0, 0.05) is 26.8 Å². The summed E-state index contributed by atoms with van der Waals surface area (Å²) in [6.07, 6.45) is 4.95. The monoisotopic (exact) mass is 256 g/mol. The van der Waals surface area contributed by atoms with Gasteiger partial charge >= 0.3 is 0 Å². The Balaban J connectivity index is 2.01. The van der Waals surface area contributed by atoms with Crippen LogP contribution in [0.1, 0.15) is 26.2 Å². The zero-order valence-corrected chi connectivity index (χ0v) is 11.4. The highest BCUT2D eigenvalue weighted by Gasteiger charge is 2.01. The van der Waals surface area contributed by atoms with Crippen LogP contribution in [0.5, 0.6) is 0 Å². The van der Waals surface area contributed by atoms with E-state index in [0.717, 1.165) is 44.8 Å². The topological polar surface area (TPSA) is 61.2 Å². The Morgan fingerprint density at radius 3 is 2.94 bits per heavy atom. The fourth-order valence-electron chi connectivity index (χ4n) is 1.56. The van der Waals surface area contributed by atoms with Crippen LogP contribution in [0.25, 0.3) is 0 Å². The summed E-state index contributed by atoms with van der Waals surface area (Å²) in [4.78, 5) is 0. The molecule has 1 rings (SSSR count). The number of hydrogen-bond acceptors (Lipinski definition) is 5. The van der Waals surface area contributed by atoms with Gasteiger partial charge in [-0.15, -0.1) is 5.10 Å². The molecule has 0 unspecified atom stereocenters. The summed E-state index contributed by atoms with van der Waals surface area (Å²) in [7, 11) is 1.68. The zero-order chi connectivity index (χ0) is 13.1. The van der Waals surface area contributed by atoms with Crippen LogP contribution in [-0.4, -0.2) is 48.5 Å². The molecular weight excluding hydrogens is 232 g/mol. The molecule has 0 aromatic carbocycles. The largest absolute Gasteiger partial charge is 0.382 e. The van der Waals surface area contributed by atoms with E-state index < -0.39 is 0 Å². The second-order valence-corrected chi connectivity index (χ2v) is 4.08. The maximum Gasteiger partial charge on any atom is 0.144 e. The van der Waals surface area contributed by atoms with Crippen molar-refractivity contribution in [2.24, 2.45) is 0 Å². The van der Waals surface area contributed by atoms with Crippen LogP contribution >= 0.6 is 0 Å². The Morgan fingerprint density at radius 2 is 2.17 bits per heavy atom. The fourth-order valence-corrected chi connectivity index (χ4v) is 1.56. The van der Waals surface area contributed by atoms with Crippen LogP contribution in [0.4, 0.5) is 5.82 Å². The van der Waals surface area contributed by atoms with Gasteiger partial charge in [0.15, 0.2) is 0 Å². The van der Waals surface area contributed by atoms with E-state index in [1.807, 2.05) is 4.68 Å². The first-order valence-corrected chi connectivity index (χ1v) is 6.57. The number of nitrogens with one attached hydrogen (secondary N) is 1. The zero-order valence-electron chi connectivity index (χ0n) is 11.4. The number of anilines is 1. The van der Waals surface area contributed by atoms with E-state index in [1.54, 1.807) is 13.3 Å². The maximum absolute atomic E-state index is 5.39. The van der Waals surface area contributed by atoms with E-state index in [4.69, 9.17) is 9.47 Å². The van der Waals surface area contributed by atoms with Gasteiger partial charge in [-0.25, -0.2) is 4.68 Å². The van der Waals surface area contributed by atoms with Gasteiger partial charge in [-0.05, 0) is 19.3 Å². The Bertz CT molecular complexity index is 304. The number of aryl methyl sites for hydroxylation is 1. The molecule has 0 radical (unpaired) electrons. The number of ether oxygens (including phenoxy) is 2. The molecule has 0 fully saturated rings. The molecule has 0 aliphatic heterocycles. The molecule has 0 bridgehead atoms. The lowest BCUT2D eigenvalue weighted by atomic mass is 10.3. The summed E-state index contributed by atoms with van der Waals surface area (Å²) in [6.45, 7) is 6.09. The van der Waals surface area contributed by atoms with Gasteiger partial charge in [0.25, 0.3) is 0 Å². The van der Waals surface area contributed by atoms with Crippen molar-refractivity contribution in [2.75, 3.05) is 38.8 Å². The van der Waals surface area contributed by atoms with Crippen LogP contribution in [-0.2, 0) is 16.0 Å². The van der Waals surface area contributed by atoms with Crippen molar-refractivity contribution in [1.29, 1.82) is 0 Å². The molecule has 0 aliphatic rings. The summed E-state index contributed by atoms with van der Waals surface area (Å²) in [5, 5.41) is 11.3. The first-order chi connectivity index (χ1) is 8.88. The average molecular weight is 256 g/mol. The van der Waals surface area contributed by atoms with E-state index in [2.05, 4.69) is 22.6 Å². The van der Waals surface area contributed by atoms with Gasteiger partial charge in [0.1, 0.15) is 5.82 Å². The van der Waals surface area contributed by atoms with Crippen LogP contribution in [0.15, 0.2) is 6.20 Å². The highest BCUT2D eigenvalue weighted by molar-refractivity contribution is 5.30. The lowest BCUT2D eigenvalue weighted by molar-refractivity contribution is 0.0691. The first-order valence-electron chi connectivity index (χ1n) is 6.57. The quantitative estimate of drug-likeness (QED) is 0.609. The van der Waals surface area contributed by atoms with Crippen molar-refractivity contribution in [3.8, 4) is 0 Å². The Labute approximate surface area is 109 Å². The van der Waals surface area contributed by atoms with Gasteiger partial charge in [-0.2, -0.15) is 0 Å². The Kier molecular flexibility index (Phi) is 8.16. The van der Waals surface area contributed by atoms with E-state index in [9.17, 15) is 0 Å². The molecule has 6 heteroatoms. The highest BCUT2D eigenvalue weighted by Crippen LogP contribution is 2.05. The molecule has 0 saturated heterocycles. The van der Waals surface area contributed by atoms with Gasteiger partial charge in [0.2, 0.25) is 0 Å². The minimum absolute atomic E-state index is 0.667. The van der Waals surface area contributed by atoms with Crippen molar-refractivity contribution < 1.29 is 9.47 Å². The second kappa shape index (κ2) is 9.85. The average Bonchev–Trinajstić information content (AvgIpc) is 2.81. The number of methoxy groups -OCH3 is 1. The molecule has 1 aromatic rings. The number of unbranched alkanes of at least 4 members (excludes halogenated alkanes) is 1. The molecule has 1 aromatic heterocycles. The van der Waals surface area contributed by atoms with Crippen LogP contribution in [0, 0.1) is 0 Å². The standard InChI is InChI=1S/C12H24N4O2/c1-3-7-16-12(11-14-15-16)13-6-4-5-8-18-10-9-17-2/h11,13H,3-10H2,1-2H3. The predicted molar refractivity (Wildman–Crippen MR) is 70.7 cm³/mol. The van der Waals surface area contributed by atoms with Crippen LogP contribution in [0.2, 0.25) is 0 Å². The molecular formula is C12H24N4O2. The molecule has 0 atom stereocenters.